The summed E-state index contributed by atoms with van der Waals surface area (Å²) in [5.41, 5.74) is 7.45. The Hall–Kier alpha value is -1.88. The smallest absolute Gasteiger partial charge is 0.129 e. The fraction of sp³-hybridized carbons (Fsp3) is 0.167. The summed E-state index contributed by atoms with van der Waals surface area (Å²) >= 11 is 4.96. The van der Waals surface area contributed by atoms with Crippen LogP contribution in [0.15, 0.2) is 36.7 Å². The molecular formula is C12H13N3OS. The fourth-order valence-corrected chi connectivity index (χ4v) is 1.79. The summed E-state index contributed by atoms with van der Waals surface area (Å²) in [4.78, 5) is 0.340. The maximum absolute atomic E-state index is 5.61. The van der Waals surface area contributed by atoms with Gasteiger partial charge < -0.3 is 10.5 Å². The molecule has 0 aliphatic carbocycles. The van der Waals surface area contributed by atoms with E-state index in [9.17, 15) is 0 Å². The van der Waals surface area contributed by atoms with Gasteiger partial charge in [0.1, 0.15) is 10.7 Å². The van der Waals surface area contributed by atoms with Crippen LogP contribution in [0.25, 0.3) is 0 Å². The van der Waals surface area contributed by atoms with Crippen LogP contribution >= 0.6 is 12.2 Å². The average Bonchev–Trinajstić information content (AvgIpc) is 2.81. The first kappa shape index (κ1) is 11.6. The van der Waals surface area contributed by atoms with E-state index in [1.54, 1.807) is 13.3 Å². The van der Waals surface area contributed by atoms with Gasteiger partial charge in [0.2, 0.25) is 0 Å². The van der Waals surface area contributed by atoms with Gasteiger partial charge in [-0.3, -0.25) is 4.68 Å². The molecule has 4 nitrogen and oxygen atoms in total. The fourth-order valence-electron chi connectivity index (χ4n) is 1.62. The van der Waals surface area contributed by atoms with Gasteiger partial charge in [-0.25, -0.2) is 0 Å². The normalized spacial score (nSPS) is 10.2. The summed E-state index contributed by atoms with van der Waals surface area (Å²) in [6, 6.07) is 7.66. The summed E-state index contributed by atoms with van der Waals surface area (Å²) in [6.45, 7) is 0.695. The lowest BCUT2D eigenvalue weighted by atomic mass is 10.1. The van der Waals surface area contributed by atoms with E-state index < -0.39 is 0 Å². The molecule has 1 heterocycles. The van der Waals surface area contributed by atoms with Crippen molar-refractivity contribution in [2.75, 3.05) is 7.11 Å². The second-order valence-electron chi connectivity index (χ2n) is 3.60. The third-order valence-corrected chi connectivity index (χ3v) is 2.66. The molecule has 2 rings (SSSR count). The molecule has 0 saturated carbocycles. The van der Waals surface area contributed by atoms with E-state index in [0.717, 1.165) is 11.1 Å². The molecule has 0 radical (unpaired) electrons. The van der Waals surface area contributed by atoms with Gasteiger partial charge in [-0.1, -0.05) is 18.3 Å². The Labute approximate surface area is 105 Å². The molecule has 0 saturated heterocycles. The molecule has 0 spiro atoms. The molecular weight excluding hydrogens is 234 g/mol. The molecule has 2 aromatic rings. The SMILES string of the molecule is COc1cc(Cn2cccn2)ccc1C(N)=S. The zero-order chi connectivity index (χ0) is 12.3. The largest absolute Gasteiger partial charge is 0.496 e. The predicted octanol–water partition coefficient (Wildman–Crippen LogP) is 1.57. The number of benzene rings is 1. The Morgan fingerprint density at radius 1 is 1.53 bits per heavy atom. The average molecular weight is 247 g/mol. The van der Waals surface area contributed by atoms with Crippen LogP contribution in [0.5, 0.6) is 5.75 Å². The highest BCUT2D eigenvalue weighted by atomic mass is 32.1. The number of ether oxygens (including phenoxy) is 1. The molecule has 0 aliphatic heterocycles. The van der Waals surface area contributed by atoms with E-state index in [1.807, 2.05) is 35.1 Å². The Bertz CT molecular complexity index is 523. The van der Waals surface area contributed by atoms with Crippen molar-refractivity contribution >= 4 is 17.2 Å². The van der Waals surface area contributed by atoms with Crippen LogP contribution in [-0.4, -0.2) is 21.9 Å². The molecule has 2 N–H and O–H groups in total. The number of hydrogen-bond acceptors (Lipinski definition) is 3. The number of nitrogens with two attached hydrogens (primary N) is 1. The lowest BCUT2D eigenvalue weighted by Crippen LogP contribution is -2.11. The van der Waals surface area contributed by atoms with Gasteiger partial charge in [-0.2, -0.15) is 5.10 Å². The zero-order valence-electron chi connectivity index (χ0n) is 9.46. The van der Waals surface area contributed by atoms with Gasteiger partial charge in [0.05, 0.1) is 19.2 Å². The van der Waals surface area contributed by atoms with Crippen molar-refractivity contribution in [3.8, 4) is 5.75 Å². The molecule has 0 unspecified atom stereocenters. The van der Waals surface area contributed by atoms with Crippen LogP contribution in [0.4, 0.5) is 0 Å². The van der Waals surface area contributed by atoms with Crippen LogP contribution in [0.2, 0.25) is 0 Å². The predicted molar refractivity (Wildman–Crippen MR) is 70.2 cm³/mol. The van der Waals surface area contributed by atoms with Crippen LogP contribution in [0.1, 0.15) is 11.1 Å². The quantitative estimate of drug-likeness (QED) is 0.833. The minimum absolute atomic E-state index is 0.340. The number of rotatable bonds is 4. The van der Waals surface area contributed by atoms with Crippen LogP contribution < -0.4 is 10.5 Å². The molecule has 1 aromatic heterocycles. The molecule has 0 amide bonds. The van der Waals surface area contributed by atoms with Gasteiger partial charge in [-0.05, 0) is 23.8 Å². The summed E-state index contributed by atoms with van der Waals surface area (Å²) < 4.78 is 7.11. The summed E-state index contributed by atoms with van der Waals surface area (Å²) in [5, 5.41) is 4.15. The maximum atomic E-state index is 5.61. The van der Waals surface area contributed by atoms with Crippen molar-refractivity contribution in [3.63, 3.8) is 0 Å². The summed E-state index contributed by atoms with van der Waals surface area (Å²) in [6.07, 6.45) is 3.66. The second kappa shape index (κ2) is 4.97. The van der Waals surface area contributed by atoms with Crippen molar-refractivity contribution in [2.45, 2.75) is 6.54 Å². The highest BCUT2D eigenvalue weighted by Crippen LogP contribution is 2.20. The zero-order valence-corrected chi connectivity index (χ0v) is 10.3. The number of hydrogen-bond donors (Lipinski definition) is 1. The minimum atomic E-state index is 0.340. The molecule has 0 atom stereocenters. The van der Waals surface area contributed by atoms with Gasteiger partial charge in [0, 0.05) is 12.4 Å². The third-order valence-electron chi connectivity index (χ3n) is 2.44. The number of aromatic nitrogens is 2. The number of thiocarbonyl (C=S) groups is 1. The van der Waals surface area contributed by atoms with Crippen molar-refractivity contribution in [2.24, 2.45) is 5.73 Å². The number of nitrogens with zero attached hydrogens (tertiary/aromatic N) is 2. The van der Waals surface area contributed by atoms with E-state index in [1.165, 1.54) is 0 Å². The van der Waals surface area contributed by atoms with Gasteiger partial charge in [0.15, 0.2) is 0 Å². The van der Waals surface area contributed by atoms with Gasteiger partial charge in [0.25, 0.3) is 0 Å². The first-order chi connectivity index (χ1) is 8.20. The molecule has 0 fully saturated rings. The molecule has 5 heteroatoms. The van der Waals surface area contributed by atoms with Gasteiger partial charge >= 0.3 is 0 Å². The minimum Gasteiger partial charge on any atom is -0.496 e. The van der Waals surface area contributed by atoms with Crippen molar-refractivity contribution in [1.82, 2.24) is 9.78 Å². The molecule has 0 aliphatic rings. The van der Waals surface area contributed by atoms with E-state index >= 15 is 0 Å². The lowest BCUT2D eigenvalue weighted by molar-refractivity contribution is 0.413. The first-order valence-corrected chi connectivity index (χ1v) is 5.55. The number of methoxy groups -OCH3 is 1. The van der Waals surface area contributed by atoms with E-state index in [0.29, 0.717) is 17.3 Å². The van der Waals surface area contributed by atoms with Crippen molar-refractivity contribution in [1.29, 1.82) is 0 Å². The first-order valence-electron chi connectivity index (χ1n) is 5.15. The highest BCUT2D eigenvalue weighted by molar-refractivity contribution is 7.80. The van der Waals surface area contributed by atoms with Crippen LogP contribution in [0.3, 0.4) is 0 Å². The second-order valence-corrected chi connectivity index (χ2v) is 4.04. The lowest BCUT2D eigenvalue weighted by Gasteiger charge is -2.09. The van der Waals surface area contributed by atoms with Gasteiger partial charge in [-0.15, -0.1) is 0 Å². The Morgan fingerprint density at radius 3 is 2.94 bits per heavy atom. The molecule has 17 heavy (non-hydrogen) atoms. The van der Waals surface area contributed by atoms with Crippen LogP contribution in [-0.2, 0) is 6.54 Å². The Kier molecular flexibility index (Phi) is 3.39. The van der Waals surface area contributed by atoms with Crippen molar-refractivity contribution < 1.29 is 4.74 Å². The standard InChI is InChI=1S/C12H13N3OS/c1-16-11-7-9(3-4-10(11)12(13)17)8-15-6-2-5-14-15/h2-7H,8H2,1H3,(H2,13,17). The summed E-state index contributed by atoms with van der Waals surface area (Å²) in [5.74, 6) is 0.696. The van der Waals surface area contributed by atoms with E-state index in [4.69, 9.17) is 22.7 Å². The van der Waals surface area contributed by atoms with Crippen molar-refractivity contribution in [3.05, 3.63) is 47.8 Å². The monoisotopic (exact) mass is 247 g/mol. The Morgan fingerprint density at radius 2 is 2.35 bits per heavy atom. The third kappa shape index (κ3) is 2.62. The Balaban J connectivity index is 2.28. The highest BCUT2D eigenvalue weighted by Gasteiger charge is 2.07. The molecule has 88 valence electrons. The molecule has 1 aromatic carbocycles. The molecule has 0 bridgehead atoms. The topological polar surface area (TPSA) is 53.1 Å². The van der Waals surface area contributed by atoms with E-state index in [-0.39, 0.29) is 0 Å². The van der Waals surface area contributed by atoms with E-state index in [2.05, 4.69) is 5.10 Å². The van der Waals surface area contributed by atoms with Crippen LogP contribution in [0, 0.1) is 0 Å². The maximum Gasteiger partial charge on any atom is 0.129 e. The summed E-state index contributed by atoms with van der Waals surface area (Å²) in [7, 11) is 1.61.